The maximum absolute atomic E-state index is 13.1. The molecule has 0 bridgehead atoms. The average molecular weight is 347 g/mol. The van der Waals surface area contributed by atoms with Crippen LogP contribution < -0.4 is 5.32 Å². The van der Waals surface area contributed by atoms with Crippen LogP contribution >= 0.6 is 11.6 Å². The monoisotopic (exact) mass is 346 g/mol. The standard InChI is InChI=1S/C18H13ClF2N2O/c19-17-4-2-12-9-13(1-3-16(12)23-17)18(24)22-6-5-11-7-14(20)10-15(21)8-11/h1-4,7-10H,5-6H2,(H,22,24). The molecule has 6 heteroatoms. The summed E-state index contributed by atoms with van der Waals surface area (Å²) < 4.78 is 26.2. The molecule has 1 heterocycles. The van der Waals surface area contributed by atoms with Gasteiger partial charge in [-0.05, 0) is 54.4 Å². The number of fused-ring (bicyclic) bond motifs is 1. The molecule has 122 valence electrons. The van der Waals surface area contributed by atoms with Gasteiger partial charge < -0.3 is 5.32 Å². The number of rotatable bonds is 4. The van der Waals surface area contributed by atoms with Crippen molar-refractivity contribution in [3.63, 3.8) is 0 Å². The van der Waals surface area contributed by atoms with Gasteiger partial charge >= 0.3 is 0 Å². The van der Waals surface area contributed by atoms with Gasteiger partial charge in [-0.25, -0.2) is 13.8 Å². The maximum atomic E-state index is 13.1. The number of halogens is 3. The van der Waals surface area contributed by atoms with Gasteiger partial charge in [0.05, 0.1) is 5.52 Å². The van der Waals surface area contributed by atoms with Gasteiger partial charge in [-0.15, -0.1) is 0 Å². The summed E-state index contributed by atoms with van der Waals surface area (Å²) in [4.78, 5) is 16.3. The second-order valence-electron chi connectivity index (χ2n) is 5.33. The van der Waals surface area contributed by atoms with Crippen LogP contribution in [0.4, 0.5) is 8.78 Å². The number of carbonyl (C=O) groups is 1. The van der Waals surface area contributed by atoms with Gasteiger partial charge in [0, 0.05) is 23.6 Å². The van der Waals surface area contributed by atoms with Crippen LogP contribution in [0.3, 0.4) is 0 Å². The van der Waals surface area contributed by atoms with Gasteiger partial charge in [0.15, 0.2) is 0 Å². The molecule has 1 N–H and O–H groups in total. The van der Waals surface area contributed by atoms with Crippen LogP contribution in [-0.2, 0) is 6.42 Å². The fourth-order valence-electron chi connectivity index (χ4n) is 2.42. The lowest BCUT2D eigenvalue weighted by Crippen LogP contribution is -2.25. The fourth-order valence-corrected chi connectivity index (χ4v) is 2.57. The summed E-state index contributed by atoms with van der Waals surface area (Å²) in [7, 11) is 0. The van der Waals surface area contributed by atoms with Crippen LogP contribution in [0.1, 0.15) is 15.9 Å². The van der Waals surface area contributed by atoms with Crippen LogP contribution in [0.25, 0.3) is 10.9 Å². The van der Waals surface area contributed by atoms with Crippen molar-refractivity contribution in [3.05, 3.63) is 76.4 Å². The number of hydrogen-bond donors (Lipinski definition) is 1. The first-order valence-electron chi connectivity index (χ1n) is 7.31. The van der Waals surface area contributed by atoms with Crippen molar-refractivity contribution >= 4 is 28.4 Å². The Morgan fingerprint density at radius 1 is 1.04 bits per heavy atom. The van der Waals surface area contributed by atoms with E-state index in [0.29, 0.717) is 28.2 Å². The number of nitrogens with zero attached hydrogens (tertiary/aromatic N) is 1. The first kappa shape index (κ1) is 16.3. The number of benzene rings is 2. The minimum atomic E-state index is -0.628. The van der Waals surface area contributed by atoms with Gasteiger partial charge in [0.2, 0.25) is 0 Å². The normalized spacial score (nSPS) is 10.8. The zero-order valence-electron chi connectivity index (χ0n) is 12.5. The minimum Gasteiger partial charge on any atom is -0.352 e. The lowest BCUT2D eigenvalue weighted by atomic mass is 10.1. The zero-order valence-corrected chi connectivity index (χ0v) is 13.3. The SMILES string of the molecule is O=C(NCCc1cc(F)cc(F)c1)c1ccc2nc(Cl)ccc2c1. The average Bonchev–Trinajstić information content (AvgIpc) is 2.53. The second kappa shape index (κ2) is 6.93. The van der Waals surface area contributed by atoms with Crippen molar-refractivity contribution in [2.45, 2.75) is 6.42 Å². The predicted octanol–water partition coefficient (Wildman–Crippen LogP) is 4.14. The maximum Gasteiger partial charge on any atom is 0.251 e. The minimum absolute atomic E-state index is 0.260. The van der Waals surface area contributed by atoms with Gasteiger partial charge in [0.1, 0.15) is 16.8 Å². The molecule has 3 rings (SSSR count). The quantitative estimate of drug-likeness (QED) is 0.721. The highest BCUT2D eigenvalue weighted by Gasteiger charge is 2.07. The Hall–Kier alpha value is -2.53. The molecule has 0 atom stereocenters. The molecular formula is C18H13ClF2N2O. The molecule has 1 aromatic heterocycles. The van der Waals surface area contributed by atoms with E-state index in [-0.39, 0.29) is 12.5 Å². The molecule has 24 heavy (non-hydrogen) atoms. The van der Waals surface area contributed by atoms with Gasteiger partial charge in [-0.3, -0.25) is 4.79 Å². The summed E-state index contributed by atoms with van der Waals surface area (Å²) >= 11 is 5.83. The molecule has 0 aliphatic rings. The lowest BCUT2D eigenvalue weighted by molar-refractivity contribution is 0.0954. The number of pyridine rings is 1. The van der Waals surface area contributed by atoms with Gasteiger partial charge in [0.25, 0.3) is 5.91 Å². The van der Waals surface area contributed by atoms with E-state index in [1.54, 1.807) is 30.3 Å². The molecule has 0 saturated heterocycles. The number of nitrogens with one attached hydrogen (secondary N) is 1. The van der Waals surface area contributed by atoms with Crippen molar-refractivity contribution in [3.8, 4) is 0 Å². The Morgan fingerprint density at radius 3 is 2.54 bits per heavy atom. The van der Waals surface area contributed by atoms with E-state index in [9.17, 15) is 13.6 Å². The van der Waals surface area contributed by atoms with E-state index < -0.39 is 11.6 Å². The molecule has 0 aliphatic heterocycles. The number of hydrogen-bond acceptors (Lipinski definition) is 2. The van der Waals surface area contributed by atoms with E-state index in [1.807, 2.05) is 0 Å². The highest BCUT2D eigenvalue weighted by molar-refractivity contribution is 6.29. The first-order valence-corrected chi connectivity index (χ1v) is 7.68. The van der Waals surface area contributed by atoms with Crippen LogP contribution in [-0.4, -0.2) is 17.4 Å². The van der Waals surface area contributed by atoms with E-state index in [4.69, 9.17) is 11.6 Å². The molecule has 3 aromatic rings. The third-order valence-corrected chi connectivity index (χ3v) is 3.75. The summed E-state index contributed by atoms with van der Waals surface area (Å²) in [5.41, 5.74) is 1.68. The van der Waals surface area contributed by atoms with Crippen molar-refractivity contribution in [2.24, 2.45) is 0 Å². The highest BCUT2D eigenvalue weighted by atomic mass is 35.5. The van der Waals surface area contributed by atoms with E-state index in [0.717, 1.165) is 11.5 Å². The van der Waals surface area contributed by atoms with Crippen LogP contribution in [0.2, 0.25) is 5.15 Å². The van der Waals surface area contributed by atoms with Crippen molar-refractivity contribution in [1.82, 2.24) is 10.3 Å². The summed E-state index contributed by atoms with van der Waals surface area (Å²) in [5.74, 6) is -1.52. The Labute approximate surface area is 142 Å². The zero-order chi connectivity index (χ0) is 17.1. The van der Waals surface area contributed by atoms with Crippen LogP contribution in [0.5, 0.6) is 0 Å². The molecule has 0 saturated carbocycles. The van der Waals surface area contributed by atoms with E-state index in [1.165, 1.54) is 12.1 Å². The molecule has 1 amide bonds. The second-order valence-corrected chi connectivity index (χ2v) is 5.71. The molecule has 0 spiro atoms. The smallest absolute Gasteiger partial charge is 0.251 e. The Bertz CT molecular complexity index is 894. The molecule has 0 unspecified atom stereocenters. The van der Waals surface area contributed by atoms with Crippen molar-refractivity contribution in [1.29, 1.82) is 0 Å². The topological polar surface area (TPSA) is 42.0 Å². The van der Waals surface area contributed by atoms with E-state index in [2.05, 4.69) is 10.3 Å². The summed E-state index contributed by atoms with van der Waals surface area (Å²) in [6.45, 7) is 0.276. The Morgan fingerprint density at radius 2 is 1.79 bits per heavy atom. The number of amides is 1. The Kier molecular flexibility index (Phi) is 4.71. The van der Waals surface area contributed by atoms with Crippen molar-refractivity contribution in [2.75, 3.05) is 6.54 Å². The fraction of sp³-hybridized carbons (Fsp3) is 0.111. The van der Waals surface area contributed by atoms with Crippen molar-refractivity contribution < 1.29 is 13.6 Å². The first-order chi connectivity index (χ1) is 11.5. The third kappa shape index (κ3) is 3.86. The number of aromatic nitrogens is 1. The highest BCUT2D eigenvalue weighted by Crippen LogP contribution is 2.17. The van der Waals surface area contributed by atoms with Gasteiger partial charge in [-0.2, -0.15) is 0 Å². The number of carbonyl (C=O) groups excluding carboxylic acids is 1. The summed E-state index contributed by atoms with van der Waals surface area (Å²) in [6, 6.07) is 11.9. The van der Waals surface area contributed by atoms with E-state index >= 15 is 0 Å². The summed E-state index contributed by atoms with van der Waals surface area (Å²) in [6.07, 6.45) is 0.338. The molecule has 0 radical (unpaired) electrons. The molecule has 0 aliphatic carbocycles. The van der Waals surface area contributed by atoms with Crippen LogP contribution in [0.15, 0.2) is 48.5 Å². The van der Waals surface area contributed by atoms with Crippen LogP contribution in [0, 0.1) is 11.6 Å². The largest absolute Gasteiger partial charge is 0.352 e. The molecule has 0 fully saturated rings. The lowest BCUT2D eigenvalue weighted by Gasteiger charge is -2.07. The Balaban J connectivity index is 1.65. The summed E-state index contributed by atoms with van der Waals surface area (Å²) in [5, 5.41) is 3.93. The molecular weight excluding hydrogens is 334 g/mol. The van der Waals surface area contributed by atoms with Gasteiger partial charge in [-0.1, -0.05) is 11.6 Å². The predicted molar refractivity (Wildman–Crippen MR) is 89.1 cm³/mol. The molecule has 3 nitrogen and oxygen atoms in total. The molecule has 2 aromatic carbocycles. The third-order valence-electron chi connectivity index (χ3n) is 3.54.